The van der Waals surface area contributed by atoms with Gasteiger partial charge in [-0.2, -0.15) is 0 Å². The Morgan fingerprint density at radius 1 is 1.43 bits per heavy atom. The molecule has 7 heteroatoms. The van der Waals surface area contributed by atoms with Gasteiger partial charge in [0.1, 0.15) is 10.6 Å². The van der Waals surface area contributed by atoms with Gasteiger partial charge < -0.3 is 14.6 Å². The van der Waals surface area contributed by atoms with Gasteiger partial charge in [-0.3, -0.25) is 0 Å². The average Bonchev–Trinajstić information content (AvgIpc) is 2.47. The molecule has 0 saturated carbocycles. The molecule has 1 aromatic rings. The highest BCUT2D eigenvalue weighted by Gasteiger charge is 2.27. The van der Waals surface area contributed by atoms with Crippen molar-refractivity contribution in [2.24, 2.45) is 0 Å². The summed E-state index contributed by atoms with van der Waals surface area (Å²) < 4.78 is 35.5. The van der Waals surface area contributed by atoms with Crippen LogP contribution in [0, 0.1) is 0 Å². The molecule has 0 bridgehead atoms. The Balaban J connectivity index is 2.32. The van der Waals surface area contributed by atoms with E-state index in [2.05, 4.69) is 0 Å². The van der Waals surface area contributed by atoms with Crippen LogP contribution < -0.4 is 4.74 Å². The van der Waals surface area contributed by atoms with Gasteiger partial charge in [0, 0.05) is 6.61 Å². The number of sulfone groups is 1. The summed E-state index contributed by atoms with van der Waals surface area (Å²) in [5, 5.41) is 9.00. The minimum Gasteiger partial charge on any atom is -0.495 e. The second-order valence-electron chi connectivity index (χ2n) is 4.94. The summed E-state index contributed by atoms with van der Waals surface area (Å²) in [6, 6.07) is 3.81. The number of ether oxygens (including phenoxy) is 2. The molecule has 1 aliphatic heterocycles. The second kappa shape index (κ2) is 6.44. The zero-order valence-electron chi connectivity index (χ0n) is 11.7. The van der Waals surface area contributed by atoms with Crippen molar-refractivity contribution in [3.05, 3.63) is 23.8 Å². The van der Waals surface area contributed by atoms with Gasteiger partial charge in [-0.15, -0.1) is 0 Å². The fourth-order valence-corrected chi connectivity index (χ4v) is 4.02. The topological polar surface area (TPSA) is 89.9 Å². The summed E-state index contributed by atoms with van der Waals surface area (Å²) in [4.78, 5) is 10.9. The van der Waals surface area contributed by atoms with E-state index in [-0.39, 0.29) is 28.1 Å². The number of rotatable bonds is 5. The Kier molecular flexibility index (Phi) is 4.84. The lowest BCUT2D eigenvalue weighted by atomic mass is 10.1. The van der Waals surface area contributed by atoms with E-state index in [0.29, 0.717) is 13.0 Å². The van der Waals surface area contributed by atoms with Crippen molar-refractivity contribution < 1.29 is 27.8 Å². The maximum Gasteiger partial charge on any atom is 0.335 e. The molecule has 1 fully saturated rings. The molecule has 2 rings (SSSR count). The predicted molar refractivity (Wildman–Crippen MR) is 75.6 cm³/mol. The van der Waals surface area contributed by atoms with E-state index in [4.69, 9.17) is 14.6 Å². The number of aromatic carboxylic acids is 1. The molecule has 0 aliphatic carbocycles. The van der Waals surface area contributed by atoms with Gasteiger partial charge in [0.2, 0.25) is 0 Å². The second-order valence-corrected chi connectivity index (χ2v) is 6.94. The van der Waals surface area contributed by atoms with Crippen molar-refractivity contribution in [1.29, 1.82) is 0 Å². The van der Waals surface area contributed by atoms with E-state index < -0.39 is 15.8 Å². The molecule has 0 radical (unpaired) electrons. The number of carboxylic acid groups (broad SMARTS) is 1. The van der Waals surface area contributed by atoms with E-state index >= 15 is 0 Å². The zero-order valence-corrected chi connectivity index (χ0v) is 12.6. The van der Waals surface area contributed by atoms with Gasteiger partial charge in [0.15, 0.2) is 9.84 Å². The summed E-state index contributed by atoms with van der Waals surface area (Å²) in [7, 11) is -2.32. The van der Waals surface area contributed by atoms with Crippen molar-refractivity contribution in [3.8, 4) is 5.75 Å². The monoisotopic (exact) mass is 314 g/mol. The Hall–Kier alpha value is -1.60. The molecule has 1 heterocycles. The fraction of sp³-hybridized carbons (Fsp3) is 0.500. The molecule has 1 atom stereocenters. The molecule has 1 aliphatic rings. The molecule has 1 saturated heterocycles. The number of benzene rings is 1. The third kappa shape index (κ3) is 3.74. The van der Waals surface area contributed by atoms with Crippen LogP contribution in [0.2, 0.25) is 0 Å². The van der Waals surface area contributed by atoms with Crippen LogP contribution in [-0.2, 0) is 14.6 Å². The molecule has 0 spiro atoms. The summed E-state index contributed by atoms with van der Waals surface area (Å²) in [6.07, 6.45) is 2.23. The highest BCUT2D eigenvalue weighted by atomic mass is 32.2. The van der Waals surface area contributed by atoms with Gasteiger partial charge in [0.25, 0.3) is 0 Å². The average molecular weight is 314 g/mol. The Morgan fingerprint density at radius 3 is 2.76 bits per heavy atom. The minimum absolute atomic E-state index is 0.0843. The number of hydrogen-bond donors (Lipinski definition) is 1. The fourth-order valence-electron chi connectivity index (χ4n) is 2.33. The number of carbonyl (C=O) groups is 1. The molecule has 0 amide bonds. The Labute approximate surface area is 123 Å². The SMILES string of the molecule is COc1ccc(C(=O)O)cc1S(=O)(=O)CC1CCCCO1. The first kappa shape index (κ1) is 15.8. The summed E-state index contributed by atoms with van der Waals surface area (Å²) in [5.74, 6) is -1.19. The van der Waals surface area contributed by atoms with Crippen LogP contribution in [0.4, 0.5) is 0 Å². The molecular weight excluding hydrogens is 296 g/mol. The predicted octanol–water partition coefficient (Wildman–Crippen LogP) is 1.74. The quantitative estimate of drug-likeness (QED) is 0.890. The zero-order chi connectivity index (χ0) is 15.5. The molecule has 116 valence electrons. The van der Waals surface area contributed by atoms with E-state index in [1.807, 2.05) is 0 Å². The summed E-state index contributed by atoms with van der Waals surface area (Å²) in [5.41, 5.74) is -0.0843. The van der Waals surface area contributed by atoms with Crippen LogP contribution in [0.1, 0.15) is 29.6 Å². The lowest BCUT2D eigenvalue weighted by Crippen LogP contribution is -2.28. The summed E-state index contributed by atoms with van der Waals surface area (Å²) >= 11 is 0. The molecule has 0 aromatic heterocycles. The number of methoxy groups -OCH3 is 1. The number of carboxylic acids is 1. The van der Waals surface area contributed by atoms with Crippen LogP contribution in [0.5, 0.6) is 5.75 Å². The van der Waals surface area contributed by atoms with E-state index in [0.717, 1.165) is 18.9 Å². The minimum atomic E-state index is -3.67. The van der Waals surface area contributed by atoms with Gasteiger partial charge in [-0.05, 0) is 37.5 Å². The van der Waals surface area contributed by atoms with Gasteiger partial charge >= 0.3 is 5.97 Å². The first-order valence-electron chi connectivity index (χ1n) is 6.70. The third-order valence-corrected chi connectivity index (χ3v) is 5.22. The van der Waals surface area contributed by atoms with Crippen LogP contribution in [-0.4, -0.2) is 45.1 Å². The van der Waals surface area contributed by atoms with Crippen LogP contribution >= 0.6 is 0 Å². The molecule has 6 nitrogen and oxygen atoms in total. The molecule has 1 unspecified atom stereocenters. The van der Waals surface area contributed by atoms with Gasteiger partial charge in [-0.25, -0.2) is 13.2 Å². The first-order valence-corrected chi connectivity index (χ1v) is 8.35. The number of hydrogen-bond acceptors (Lipinski definition) is 5. The van der Waals surface area contributed by atoms with Crippen molar-refractivity contribution in [2.75, 3.05) is 19.5 Å². The molecule has 1 aromatic carbocycles. The molecule has 1 N–H and O–H groups in total. The van der Waals surface area contributed by atoms with Crippen LogP contribution in [0.25, 0.3) is 0 Å². The lowest BCUT2D eigenvalue weighted by Gasteiger charge is -2.22. The largest absolute Gasteiger partial charge is 0.495 e. The summed E-state index contributed by atoms with van der Waals surface area (Å²) in [6.45, 7) is 0.562. The molecular formula is C14H18O6S. The maximum absolute atomic E-state index is 12.5. The maximum atomic E-state index is 12.5. The first-order chi connectivity index (χ1) is 9.94. The Bertz CT molecular complexity index is 616. The highest BCUT2D eigenvalue weighted by Crippen LogP contribution is 2.28. The van der Waals surface area contributed by atoms with E-state index in [1.54, 1.807) is 0 Å². The van der Waals surface area contributed by atoms with Crippen molar-refractivity contribution in [3.63, 3.8) is 0 Å². The lowest BCUT2D eigenvalue weighted by molar-refractivity contribution is 0.0305. The van der Waals surface area contributed by atoms with Gasteiger partial charge in [0.05, 0.1) is 24.5 Å². The van der Waals surface area contributed by atoms with Gasteiger partial charge in [-0.1, -0.05) is 0 Å². The van der Waals surface area contributed by atoms with Crippen molar-refractivity contribution >= 4 is 15.8 Å². The smallest absolute Gasteiger partial charge is 0.335 e. The van der Waals surface area contributed by atoms with Crippen molar-refractivity contribution in [1.82, 2.24) is 0 Å². The van der Waals surface area contributed by atoms with Crippen LogP contribution in [0.3, 0.4) is 0 Å². The Morgan fingerprint density at radius 2 is 2.19 bits per heavy atom. The normalized spacial score (nSPS) is 19.2. The van der Waals surface area contributed by atoms with E-state index in [9.17, 15) is 13.2 Å². The standard InChI is InChI=1S/C14H18O6S/c1-19-12-6-5-10(14(15)16)8-13(12)21(17,18)9-11-4-2-3-7-20-11/h5-6,8,11H,2-4,7,9H2,1H3,(H,15,16). The van der Waals surface area contributed by atoms with Crippen molar-refractivity contribution in [2.45, 2.75) is 30.3 Å². The van der Waals surface area contributed by atoms with E-state index in [1.165, 1.54) is 19.2 Å². The third-order valence-electron chi connectivity index (χ3n) is 3.42. The highest BCUT2D eigenvalue weighted by molar-refractivity contribution is 7.91. The van der Waals surface area contributed by atoms with Crippen LogP contribution in [0.15, 0.2) is 23.1 Å². The molecule has 21 heavy (non-hydrogen) atoms.